The second kappa shape index (κ2) is 9.38. The Morgan fingerprint density at radius 1 is 1.27 bits per heavy atom. The molecule has 0 aliphatic carbocycles. The van der Waals surface area contributed by atoms with Crippen LogP contribution in [0.5, 0.6) is 0 Å². The number of morpholine rings is 1. The van der Waals surface area contributed by atoms with E-state index in [1.165, 1.54) is 11.3 Å². The van der Waals surface area contributed by atoms with E-state index >= 15 is 0 Å². The zero-order valence-corrected chi connectivity index (χ0v) is 17.9. The third-order valence-corrected chi connectivity index (χ3v) is 5.70. The second-order valence-electron chi connectivity index (χ2n) is 6.38. The van der Waals surface area contributed by atoms with Gasteiger partial charge in [-0.3, -0.25) is 0 Å². The third kappa shape index (κ3) is 4.53. The highest BCUT2D eigenvalue weighted by molar-refractivity contribution is 7.21. The van der Waals surface area contributed by atoms with E-state index in [0.717, 1.165) is 5.69 Å². The van der Waals surface area contributed by atoms with Gasteiger partial charge in [-0.1, -0.05) is 11.6 Å². The molecule has 0 bridgehead atoms. The first-order valence-electron chi connectivity index (χ1n) is 9.50. The molecule has 0 unspecified atom stereocenters. The smallest absolute Gasteiger partial charge is 0.350 e. The molecular formula is C20H20ClN5O3S. The number of carbonyl (C=O) groups excluding carboxylic acids is 1. The van der Waals surface area contributed by atoms with Crippen molar-refractivity contribution in [1.82, 2.24) is 14.9 Å². The molecule has 0 atom stereocenters. The van der Waals surface area contributed by atoms with E-state index < -0.39 is 5.97 Å². The molecule has 3 aromatic rings. The third-order valence-electron chi connectivity index (χ3n) is 4.39. The molecule has 3 heterocycles. The number of carbonyl (C=O) groups is 1. The van der Waals surface area contributed by atoms with Crippen molar-refractivity contribution in [3.8, 4) is 0 Å². The number of rotatable bonds is 4. The summed E-state index contributed by atoms with van der Waals surface area (Å²) in [6.45, 7) is 4.57. The monoisotopic (exact) mass is 445 g/mol. The maximum Gasteiger partial charge on any atom is 0.350 e. The van der Waals surface area contributed by atoms with Crippen molar-refractivity contribution >= 4 is 56.6 Å². The Labute approximate surface area is 182 Å². The summed E-state index contributed by atoms with van der Waals surface area (Å²) >= 11 is 7.24. The lowest BCUT2D eigenvalue weighted by molar-refractivity contribution is 0.0533. The molecule has 1 fully saturated rings. The molecule has 1 aromatic carbocycles. The molecule has 8 nitrogen and oxygen atoms in total. The van der Waals surface area contributed by atoms with Crippen LogP contribution in [0.2, 0.25) is 5.02 Å². The standard InChI is InChI=1S/C20H20ClN5O3S/c1-2-29-19(27)17-15(16-18(30-17)23-8-7-22-16)25-20(26-9-11-28-12-10-26)24-14-5-3-13(21)4-6-14/h3-8H,2,9-12H2,1H3,(H,24,25). The number of esters is 1. The largest absolute Gasteiger partial charge is 0.462 e. The number of guanidine groups is 1. The number of ether oxygens (including phenoxy) is 2. The van der Waals surface area contributed by atoms with Crippen molar-refractivity contribution in [1.29, 1.82) is 0 Å². The molecule has 1 aliphatic rings. The summed E-state index contributed by atoms with van der Waals surface area (Å²) in [5.41, 5.74) is 1.84. The number of halogens is 1. The van der Waals surface area contributed by atoms with Gasteiger partial charge in [0.15, 0.2) is 0 Å². The average molecular weight is 446 g/mol. The molecular weight excluding hydrogens is 426 g/mol. The Hall–Kier alpha value is -2.75. The van der Waals surface area contributed by atoms with E-state index in [1.54, 1.807) is 31.5 Å². The average Bonchev–Trinajstić information content (AvgIpc) is 3.14. The SMILES string of the molecule is CCOC(=O)c1sc2nccnc2c1N=C(Nc1ccc(Cl)cc1)N1CCOCC1. The topological polar surface area (TPSA) is 88.9 Å². The summed E-state index contributed by atoms with van der Waals surface area (Å²) in [6.07, 6.45) is 3.18. The van der Waals surface area contributed by atoms with Crippen molar-refractivity contribution in [2.24, 2.45) is 4.99 Å². The molecule has 1 N–H and O–H groups in total. The number of nitrogens with one attached hydrogen (secondary N) is 1. The molecule has 0 radical (unpaired) electrons. The Balaban J connectivity index is 1.80. The van der Waals surface area contributed by atoms with E-state index in [1.807, 2.05) is 12.1 Å². The first kappa shape index (κ1) is 20.5. The highest BCUT2D eigenvalue weighted by atomic mass is 35.5. The molecule has 30 heavy (non-hydrogen) atoms. The number of anilines is 1. The Morgan fingerprint density at radius 2 is 2.00 bits per heavy atom. The molecule has 0 saturated carbocycles. The van der Waals surface area contributed by atoms with Crippen LogP contribution in [0.3, 0.4) is 0 Å². The minimum absolute atomic E-state index is 0.274. The fourth-order valence-electron chi connectivity index (χ4n) is 2.97. The molecule has 2 aromatic heterocycles. The summed E-state index contributed by atoms with van der Waals surface area (Å²) in [7, 11) is 0. The van der Waals surface area contributed by atoms with Gasteiger partial charge in [-0.15, -0.1) is 11.3 Å². The van der Waals surface area contributed by atoms with Crippen LogP contribution in [0.25, 0.3) is 10.3 Å². The Kier molecular flexibility index (Phi) is 6.41. The van der Waals surface area contributed by atoms with Crippen molar-refractivity contribution in [2.75, 3.05) is 38.2 Å². The van der Waals surface area contributed by atoms with E-state index in [4.69, 9.17) is 26.1 Å². The summed E-state index contributed by atoms with van der Waals surface area (Å²) in [5.74, 6) is 0.158. The first-order valence-corrected chi connectivity index (χ1v) is 10.7. The summed E-state index contributed by atoms with van der Waals surface area (Å²) in [4.78, 5) is 29.2. The highest BCUT2D eigenvalue weighted by Crippen LogP contribution is 2.36. The molecule has 10 heteroatoms. The van der Waals surface area contributed by atoms with Crippen LogP contribution in [0.15, 0.2) is 41.7 Å². The van der Waals surface area contributed by atoms with Gasteiger partial charge in [-0.05, 0) is 31.2 Å². The first-order chi connectivity index (χ1) is 14.7. The van der Waals surface area contributed by atoms with Crippen LogP contribution >= 0.6 is 22.9 Å². The number of fused-ring (bicyclic) bond motifs is 1. The van der Waals surface area contributed by atoms with Crippen LogP contribution in [0, 0.1) is 0 Å². The van der Waals surface area contributed by atoms with Gasteiger partial charge in [-0.2, -0.15) is 0 Å². The molecule has 0 spiro atoms. The molecule has 1 aliphatic heterocycles. The van der Waals surface area contributed by atoms with Crippen molar-refractivity contribution in [2.45, 2.75) is 6.92 Å². The molecule has 4 rings (SSSR count). The highest BCUT2D eigenvalue weighted by Gasteiger charge is 2.24. The van der Waals surface area contributed by atoms with Crippen molar-refractivity contribution in [3.63, 3.8) is 0 Å². The number of hydrogen-bond donors (Lipinski definition) is 1. The number of hydrogen-bond acceptors (Lipinski definition) is 7. The lowest BCUT2D eigenvalue weighted by Crippen LogP contribution is -2.44. The quantitative estimate of drug-likeness (QED) is 0.369. The number of thiophene rings is 1. The van der Waals surface area contributed by atoms with Crippen LogP contribution in [-0.2, 0) is 9.47 Å². The minimum atomic E-state index is -0.436. The number of benzene rings is 1. The van der Waals surface area contributed by atoms with Crippen LogP contribution < -0.4 is 5.32 Å². The predicted octanol–water partition coefficient (Wildman–Crippen LogP) is 3.95. The number of aliphatic imine (C=N–C) groups is 1. The zero-order valence-electron chi connectivity index (χ0n) is 16.3. The van der Waals surface area contributed by atoms with E-state index in [2.05, 4.69) is 20.2 Å². The van der Waals surface area contributed by atoms with E-state index in [-0.39, 0.29) is 6.61 Å². The van der Waals surface area contributed by atoms with Gasteiger partial charge in [0.05, 0.1) is 19.8 Å². The lowest BCUT2D eigenvalue weighted by Gasteiger charge is -2.30. The molecule has 0 amide bonds. The summed E-state index contributed by atoms with van der Waals surface area (Å²) in [5, 5.41) is 3.99. The van der Waals surface area contributed by atoms with Gasteiger partial charge in [-0.25, -0.2) is 19.8 Å². The van der Waals surface area contributed by atoms with Crippen LogP contribution in [-0.4, -0.2) is 59.7 Å². The Morgan fingerprint density at radius 3 is 2.73 bits per heavy atom. The molecule has 1 saturated heterocycles. The summed E-state index contributed by atoms with van der Waals surface area (Å²) < 4.78 is 10.7. The van der Waals surface area contributed by atoms with Gasteiger partial charge < -0.3 is 19.7 Å². The number of aromatic nitrogens is 2. The maximum atomic E-state index is 12.6. The van der Waals surface area contributed by atoms with Gasteiger partial charge in [0.1, 0.15) is 20.9 Å². The van der Waals surface area contributed by atoms with Crippen LogP contribution in [0.4, 0.5) is 11.4 Å². The van der Waals surface area contributed by atoms with Gasteiger partial charge in [0.2, 0.25) is 5.96 Å². The van der Waals surface area contributed by atoms with E-state index in [0.29, 0.717) is 58.2 Å². The maximum absolute atomic E-state index is 12.6. The predicted molar refractivity (Wildman–Crippen MR) is 118 cm³/mol. The lowest BCUT2D eigenvalue weighted by atomic mass is 10.3. The van der Waals surface area contributed by atoms with Gasteiger partial charge >= 0.3 is 5.97 Å². The van der Waals surface area contributed by atoms with Crippen molar-refractivity contribution < 1.29 is 14.3 Å². The van der Waals surface area contributed by atoms with Crippen LogP contribution in [0.1, 0.15) is 16.6 Å². The van der Waals surface area contributed by atoms with Gasteiger partial charge in [0.25, 0.3) is 0 Å². The Bertz CT molecular complexity index is 1060. The fraction of sp³-hybridized carbons (Fsp3) is 0.300. The normalized spacial score (nSPS) is 14.7. The van der Waals surface area contributed by atoms with E-state index in [9.17, 15) is 4.79 Å². The second-order valence-corrected chi connectivity index (χ2v) is 7.81. The summed E-state index contributed by atoms with van der Waals surface area (Å²) in [6, 6.07) is 7.35. The molecule has 156 valence electrons. The van der Waals surface area contributed by atoms with Gasteiger partial charge in [0, 0.05) is 36.2 Å². The zero-order chi connectivity index (χ0) is 20.9. The number of nitrogens with zero attached hydrogens (tertiary/aromatic N) is 4. The minimum Gasteiger partial charge on any atom is -0.462 e. The fourth-order valence-corrected chi connectivity index (χ4v) is 4.03. The van der Waals surface area contributed by atoms with Crippen molar-refractivity contribution in [3.05, 3.63) is 46.6 Å².